The van der Waals surface area contributed by atoms with Gasteiger partial charge in [0.25, 0.3) is 5.91 Å². The average molecular weight is 419 g/mol. The summed E-state index contributed by atoms with van der Waals surface area (Å²) in [7, 11) is 0. The molecule has 4 amide bonds. The number of imide groups is 1. The SMILES string of the molecule is Cc1ccc(-c2nnc(CCC(=O)Nc3cccc([C@@]4(C)NC(=O)NC4=O)c3)o2)cc1. The zero-order chi connectivity index (χ0) is 22.0. The molecule has 0 bridgehead atoms. The summed E-state index contributed by atoms with van der Waals surface area (Å²) in [5.41, 5.74) is 1.85. The molecule has 2 heterocycles. The topological polar surface area (TPSA) is 126 Å². The molecule has 3 N–H and O–H groups in total. The second kappa shape index (κ2) is 8.02. The molecule has 0 radical (unpaired) electrons. The number of nitrogens with one attached hydrogen (secondary N) is 3. The minimum absolute atomic E-state index is 0.147. The van der Waals surface area contributed by atoms with Crippen LogP contribution >= 0.6 is 0 Å². The maximum Gasteiger partial charge on any atom is 0.322 e. The van der Waals surface area contributed by atoms with E-state index < -0.39 is 17.5 Å². The molecule has 0 spiro atoms. The predicted molar refractivity (Wildman–Crippen MR) is 112 cm³/mol. The standard InChI is InChI=1S/C22H21N5O4/c1-13-6-8-14(9-7-13)19-27-26-18(31-19)11-10-17(28)23-16-5-3-4-15(12-16)22(2)20(29)24-21(30)25-22/h3-9,12H,10-11H2,1-2H3,(H,23,28)(H2,24,25,29,30)/t22-/m1/s1. The lowest BCUT2D eigenvalue weighted by Crippen LogP contribution is -2.40. The summed E-state index contributed by atoms with van der Waals surface area (Å²) in [5.74, 6) is 0.101. The van der Waals surface area contributed by atoms with E-state index in [2.05, 4.69) is 26.1 Å². The van der Waals surface area contributed by atoms with Crippen molar-refractivity contribution in [2.75, 3.05) is 5.32 Å². The average Bonchev–Trinajstić information content (AvgIpc) is 3.31. The first kappa shape index (κ1) is 20.3. The first-order chi connectivity index (χ1) is 14.8. The van der Waals surface area contributed by atoms with Gasteiger partial charge in [-0.3, -0.25) is 14.9 Å². The lowest BCUT2D eigenvalue weighted by atomic mass is 9.92. The molecule has 1 fully saturated rings. The molecule has 1 atom stereocenters. The minimum atomic E-state index is -1.19. The molecular weight excluding hydrogens is 398 g/mol. The van der Waals surface area contributed by atoms with Crippen molar-refractivity contribution < 1.29 is 18.8 Å². The van der Waals surface area contributed by atoms with Crippen molar-refractivity contribution in [1.82, 2.24) is 20.8 Å². The first-order valence-electron chi connectivity index (χ1n) is 9.77. The van der Waals surface area contributed by atoms with Gasteiger partial charge in [-0.05, 0) is 43.7 Å². The highest BCUT2D eigenvalue weighted by molar-refractivity contribution is 6.07. The molecule has 9 nitrogen and oxygen atoms in total. The summed E-state index contributed by atoms with van der Waals surface area (Å²) < 4.78 is 5.65. The molecule has 1 aromatic heterocycles. The second-order valence-corrected chi connectivity index (χ2v) is 7.53. The summed E-state index contributed by atoms with van der Waals surface area (Å²) in [6.07, 6.45) is 0.439. The maximum atomic E-state index is 12.4. The van der Waals surface area contributed by atoms with E-state index in [0.717, 1.165) is 11.1 Å². The molecule has 0 unspecified atom stereocenters. The van der Waals surface area contributed by atoms with Crippen LogP contribution in [-0.2, 0) is 21.5 Å². The monoisotopic (exact) mass is 419 g/mol. The fourth-order valence-corrected chi connectivity index (χ4v) is 3.27. The number of hydrogen-bond acceptors (Lipinski definition) is 6. The zero-order valence-electron chi connectivity index (χ0n) is 17.1. The second-order valence-electron chi connectivity index (χ2n) is 7.53. The van der Waals surface area contributed by atoms with Gasteiger partial charge in [-0.2, -0.15) is 0 Å². The molecule has 158 valence electrons. The molecule has 1 aliphatic heterocycles. The lowest BCUT2D eigenvalue weighted by molar-refractivity contribution is -0.123. The normalized spacial score (nSPS) is 17.9. The summed E-state index contributed by atoms with van der Waals surface area (Å²) in [6.45, 7) is 3.60. The molecule has 1 saturated heterocycles. The van der Waals surface area contributed by atoms with E-state index in [1.165, 1.54) is 0 Å². The van der Waals surface area contributed by atoms with E-state index in [1.54, 1.807) is 31.2 Å². The molecule has 0 aliphatic carbocycles. The van der Waals surface area contributed by atoms with Gasteiger partial charge in [0.05, 0.1) is 0 Å². The van der Waals surface area contributed by atoms with E-state index >= 15 is 0 Å². The van der Waals surface area contributed by atoms with E-state index in [1.807, 2.05) is 31.2 Å². The number of aromatic nitrogens is 2. The van der Waals surface area contributed by atoms with Gasteiger partial charge >= 0.3 is 6.03 Å². The van der Waals surface area contributed by atoms with Gasteiger partial charge in [0.1, 0.15) is 5.54 Å². The summed E-state index contributed by atoms with van der Waals surface area (Å²) in [4.78, 5) is 36.0. The Morgan fingerprint density at radius 1 is 1.13 bits per heavy atom. The molecule has 2 aromatic carbocycles. The number of carbonyl (C=O) groups is 3. The number of aryl methyl sites for hydroxylation is 2. The van der Waals surface area contributed by atoms with Gasteiger partial charge in [-0.25, -0.2) is 4.79 Å². The minimum Gasteiger partial charge on any atom is -0.421 e. The van der Waals surface area contributed by atoms with Crippen LogP contribution in [0.15, 0.2) is 52.9 Å². The molecule has 1 aliphatic rings. The number of amides is 4. The van der Waals surface area contributed by atoms with Crippen molar-refractivity contribution in [2.24, 2.45) is 0 Å². The first-order valence-corrected chi connectivity index (χ1v) is 9.77. The van der Waals surface area contributed by atoms with Crippen LogP contribution < -0.4 is 16.0 Å². The highest BCUT2D eigenvalue weighted by Crippen LogP contribution is 2.26. The Balaban J connectivity index is 1.37. The Hall–Kier alpha value is -4.01. The van der Waals surface area contributed by atoms with E-state index in [9.17, 15) is 14.4 Å². The summed E-state index contributed by atoms with van der Waals surface area (Å²) >= 11 is 0. The number of anilines is 1. The zero-order valence-corrected chi connectivity index (χ0v) is 17.1. The Labute approximate surface area is 178 Å². The van der Waals surface area contributed by atoms with Crippen LogP contribution in [0.4, 0.5) is 10.5 Å². The molecule has 31 heavy (non-hydrogen) atoms. The van der Waals surface area contributed by atoms with Crippen molar-refractivity contribution in [2.45, 2.75) is 32.2 Å². The van der Waals surface area contributed by atoms with Crippen molar-refractivity contribution in [3.05, 3.63) is 65.5 Å². The quantitative estimate of drug-likeness (QED) is 0.527. The highest BCUT2D eigenvalue weighted by Gasteiger charge is 2.43. The number of hydrogen-bond donors (Lipinski definition) is 3. The third-order valence-corrected chi connectivity index (χ3v) is 5.10. The van der Waals surface area contributed by atoms with Crippen LogP contribution in [-0.4, -0.2) is 28.0 Å². The number of carbonyl (C=O) groups excluding carboxylic acids is 3. The molecular formula is C22H21N5O4. The number of urea groups is 1. The van der Waals surface area contributed by atoms with Gasteiger partial charge in [0.15, 0.2) is 0 Å². The van der Waals surface area contributed by atoms with E-state index in [-0.39, 0.29) is 12.3 Å². The number of rotatable bonds is 6. The Bertz CT molecular complexity index is 1150. The smallest absolute Gasteiger partial charge is 0.322 e. The van der Waals surface area contributed by atoms with Crippen LogP contribution in [0.1, 0.15) is 30.4 Å². The molecule has 3 aromatic rings. The maximum absolute atomic E-state index is 12.4. The molecule has 4 rings (SSSR count). The van der Waals surface area contributed by atoms with E-state index in [4.69, 9.17) is 4.42 Å². The number of benzene rings is 2. The molecule has 9 heteroatoms. The van der Waals surface area contributed by atoms with Gasteiger partial charge in [0, 0.05) is 24.1 Å². The van der Waals surface area contributed by atoms with Crippen molar-refractivity contribution in [3.8, 4) is 11.5 Å². The van der Waals surface area contributed by atoms with Crippen LogP contribution in [0.25, 0.3) is 11.5 Å². The summed E-state index contributed by atoms with van der Waals surface area (Å²) in [5, 5.41) is 15.7. The van der Waals surface area contributed by atoms with Gasteiger partial charge in [-0.1, -0.05) is 29.8 Å². The Morgan fingerprint density at radius 2 is 1.90 bits per heavy atom. The van der Waals surface area contributed by atoms with Crippen molar-refractivity contribution >= 4 is 23.5 Å². The van der Waals surface area contributed by atoms with Gasteiger partial charge < -0.3 is 15.1 Å². The Morgan fingerprint density at radius 3 is 2.61 bits per heavy atom. The Kier molecular flexibility index (Phi) is 5.24. The third kappa shape index (κ3) is 4.30. The van der Waals surface area contributed by atoms with Crippen LogP contribution in [0.2, 0.25) is 0 Å². The van der Waals surface area contributed by atoms with Gasteiger partial charge in [0.2, 0.25) is 17.7 Å². The van der Waals surface area contributed by atoms with Gasteiger partial charge in [-0.15, -0.1) is 10.2 Å². The van der Waals surface area contributed by atoms with E-state index in [0.29, 0.717) is 29.5 Å². The fourth-order valence-electron chi connectivity index (χ4n) is 3.27. The molecule has 0 saturated carbocycles. The summed E-state index contributed by atoms with van der Waals surface area (Å²) in [6, 6.07) is 14.0. The highest BCUT2D eigenvalue weighted by atomic mass is 16.4. The van der Waals surface area contributed by atoms with Crippen LogP contribution in [0, 0.1) is 6.92 Å². The fraction of sp³-hybridized carbons (Fsp3) is 0.227. The van der Waals surface area contributed by atoms with Crippen LogP contribution in [0.5, 0.6) is 0 Å². The van der Waals surface area contributed by atoms with Crippen molar-refractivity contribution in [1.29, 1.82) is 0 Å². The van der Waals surface area contributed by atoms with Crippen molar-refractivity contribution in [3.63, 3.8) is 0 Å². The third-order valence-electron chi connectivity index (χ3n) is 5.10. The van der Waals surface area contributed by atoms with Crippen LogP contribution in [0.3, 0.4) is 0 Å². The number of nitrogens with zero attached hydrogens (tertiary/aromatic N) is 2. The largest absolute Gasteiger partial charge is 0.421 e. The predicted octanol–water partition coefficient (Wildman–Crippen LogP) is 2.67. The lowest BCUT2D eigenvalue weighted by Gasteiger charge is -2.21.